The highest BCUT2D eigenvalue weighted by molar-refractivity contribution is 7.45. The van der Waals surface area contributed by atoms with E-state index in [0.29, 0.717) is 17.4 Å². The van der Waals surface area contributed by atoms with E-state index in [2.05, 4.69) is 55.6 Å². The summed E-state index contributed by atoms with van der Waals surface area (Å²) in [6.45, 7) is 4.64. The summed E-state index contributed by atoms with van der Waals surface area (Å²) in [5.41, 5.74) is 0. The van der Waals surface area contributed by atoms with E-state index in [9.17, 15) is 19.4 Å². The molecule has 1 amide bonds. The van der Waals surface area contributed by atoms with Crippen LogP contribution in [-0.2, 0) is 18.4 Å². The molecule has 0 fully saturated rings. The number of amides is 1. The normalized spacial score (nSPS) is 14.2. The quantitative estimate of drug-likeness (QED) is 0.0272. The summed E-state index contributed by atoms with van der Waals surface area (Å²) in [6, 6.07) is -0.914. The number of carbonyl (C=O) groups excluding carboxylic acids is 1. The lowest BCUT2D eigenvalue weighted by Gasteiger charge is -2.29. The molecule has 0 aromatic carbocycles. The molecule has 0 spiro atoms. The lowest BCUT2D eigenvalue weighted by Crippen LogP contribution is -2.45. The van der Waals surface area contributed by atoms with Crippen molar-refractivity contribution in [3.05, 3.63) is 48.6 Å². The van der Waals surface area contributed by atoms with E-state index < -0.39 is 26.6 Å². The first kappa shape index (κ1) is 70.5. The maximum Gasteiger partial charge on any atom is 0.268 e. The number of hydrogen-bond acceptors (Lipinski definition) is 6. The number of hydrogen-bond donors (Lipinski definition) is 2. The minimum atomic E-state index is -4.61. The van der Waals surface area contributed by atoms with Crippen molar-refractivity contribution in [3.63, 3.8) is 0 Å². The van der Waals surface area contributed by atoms with Crippen LogP contribution in [0.4, 0.5) is 0 Å². The molecule has 8 nitrogen and oxygen atoms in total. The SMILES string of the molecule is CCCCCCCCC/C=C\CCCCCCCCCC(=O)NC(COP(=O)([O-])OCC[N+](C)(C)C)C(O)/C=C/CC/C=C/CC/C=C/CCCCCCCCCCCCCCCCCCCCCCCC. The van der Waals surface area contributed by atoms with E-state index in [1.54, 1.807) is 6.08 Å². The zero-order chi connectivity index (χ0) is 52.7. The summed E-state index contributed by atoms with van der Waals surface area (Å²) >= 11 is 0. The average Bonchev–Trinajstić information content (AvgIpc) is 3.34. The number of phosphoric ester groups is 1. The zero-order valence-corrected chi connectivity index (χ0v) is 49.3. The van der Waals surface area contributed by atoms with Crippen LogP contribution in [0, 0.1) is 0 Å². The van der Waals surface area contributed by atoms with Crippen LogP contribution in [0.1, 0.15) is 296 Å². The van der Waals surface area contributed by atoms with Gasteiger partial charge in [-0.05, 0) is 70.6 Å². The van der Waals surface area contributed by atoms with Crippen molar-refractivity contribution < 1.29 is 32.9 Å². The number of quaternary nitrogens is 1. The Labute approximate surface area is 448 Å². The molecule has 3 atom stereocenters. The molecule has 0 saturated carbocycles. The van der Waals surface area contributed by atoms with Crippen LogP contribution >= 0.6 is 7.82 Å². The van der Waals surface area contributed by atoms with E-state index in [1.807, 2.05) is 27.2 Å². The number of unbranched alkanes of at least 4 members (excludes halogenated alkanes) is 38. The van der Waals surface area contributed by atoms with Gasteiger partial charge in [-0.15, -0.1) is 0 Å². The zero-order valence-electron chi connectivity index (χ0n) is 48.4. The summed E-state index contributed by atoms with van der Waals surface area (Å²) in [5.74, 6) is -0.214. The number of aliphatic hydroxyl groups excluding tert-OH is 1. The second kappa shape index (κ2) is 54.3. The Morgan fingerprint density at radius 1 is 0.472 bits per heavy atom. The Balaban J connectivity index is 4.18. The number of rotatable bonds is 57. The molecule has 0 rings (SSSR count). The molecule has 0 saturated heterocycles. The topological polar surface area (TPSA) is 108 Å². The van der Waals surface area contributed by atoms with Crippen molar-refractivity contribution in [2.24, 2.45) is 0 Å². The van der Waals surface area contributed by atoms with Crippen molar-refractivity contribution in [2.45, 2.75) is 309 Å². The Morgan fingerprint density at radius 2 is 0.778 bits per heavy atom. The molecule has 424 valence electrons. The predicted octanol–water partition coefficient (Wildman–Crippen LogP) is 18.5. The second-order valence-electron chi connectivity index (χ2n) is 22.4. The lowest BCUT2D eigenvalue weighted by atomic mass is 10.0. The third-order valence-corrected chi connectivity index (χ3v) is 15.0. The summed E-state index contributed by atoms with van der Waals surface area (Å²) in [4.78, 5) is 25.5. The summed E-state index contributed by atoms with van der Waals surface area (Å²) in [7, 11) is 1.24. The predicted molar refractivity (Wildman–Crippen MR) is 311 cm³/mol. The molecule has 0 heterocycles. The van der Waals surface area contributed by atoms with Crippen LogP contribution in [0.2, 0.25) is 0 Å². The smallest absolute Gasteiger partial charge is 0.268 e. The number of allylic oxidation sites excluding steroid dienone is 7. The van der Waals surface area contributed by atoms with Gasteiger partial charge in [-0.2, -0.15) is 0 Å². The van der Waals surface area contributed by atoms with E-state index in [-0.39, 0.29) is 12.5 Å². The number of nitrogens with one attached hydrogen (secondary N) is 1. The van der Waals surface area contributed by atoms with Gasteiger partial charge in [-0.25, -0.2) is 0 Å². The maximum absolute atomic E-state index is 13.0. The number of likely N-dealkylation sites (N-methyl/N-ethyl adjacent to an activating group) is 1. The fraction of sp³-hybridized carbons (Fsp3) is 0.857. The van der Waals surface area contributed by atoms with Crippen LogP contribution in [0.3, 0.4) is 0 Å². The fourth-order valence-corrected chi connectivity index (χ4v) is 9.85. The largest absolute Gasteiger partial charge is 0.756 e. The monoisotopic (exact) mass is 1030 g/mol. The van der Waals surface area contributed by atoms with Gasteiger partial charge >= 0.3 is 0 Å². The Morgan fingerprint density at radius 3 is 1.12 bits per heavy atom. The molecule has 0 aliphatic rings. The van der Waals surface area contributed by atoms with Gasteiger partial charge in [0.05, 0.1) is 39.9 Å². The summed E-state index contributed by atoms with van der Waals surface area (Å²) < 4.78 is 23.3. The number of nitrogens with zero attached hydrogens (tertiary/aromatic N) is 1. The van der Waals surface area contributed by atoms with Crippen LogP contribution in [0.15, 0.2) is 48.6 Å². The molecular weight excluding hydrogens is 912 g/mol. The third-order valence-electron chi connectivity index (χ3n) is 14.0. The third kappa shape index (κ3) is 56.2. The average molecular weight is 1030 g/mol. The van der Waals surface area contributed by atoms with Gasteiger partial charge in [0.2, 0.25) is 5.91 Å². The first-order chi connectivity index (χ1) is 35.0. The number of aliphatic hydroxyl groups is 1. The molecule has 9 heteroatoms. The van der Waals surface area contributed by atoms with Gasteiger partial charge in [0.25, 0.3) is 7.82 Å². The highest BCUT2D eigenvalue weighted by Gasteiger charge is 2.23. The Kier molecular flexibility index (Phi) is 53.1. The number of carbonyl (C=O) groups is 1. The standard InChI is InChI=1S/C63H121N2O6P/c1-6-8-10-12-14-16-18-20-22-24-26-27-28-29-30-31-32-33-34-35-36-37-38-39-40-42-44-46-48-50-52-54-56-62(66)61(60-71-72(68,69)70-59-58-65(3,4)5)64-63(67)57-55-53-51-49-47-45-43-41-25-23-21-19-17-15-13-11-9-7-2/h23,25,39-40,46,48,54,56,61-62,66H,6-22,24,26-38,41-45,47,49-53,55,57-60H2,1-5H3,(H-,64,67,68,69)/b25-23-,40-39+,48-46+,56-54+. The van der Waals surface area contributed by atoms with Crippen molar-refractivity contribution in [2.75, 3.05) is 40.9 Å². The second-order valence-corrected chi connectivity index (χ2v) is 23.8. The van der Waals surface area contributed by atoms with E-state index in [4.69, 9.17) is 9.05 Å². The highest BCUT2D eigenvalue weighted by atomic mass is 31.2. The maximum atomic E-state index is 13.0. The Bertz CT molecular complexity index is 1310. The Hall–Kier alpha value is -1.54. The van der Waals surface area contributed by atoms with Crippen molar-refractivity contribution in [1.82, 2.24) is 5.32 Å². The summed E-state index contributed by atoms with van der Waals surface area (Å²) in [5, 5.41) is 13.9. The molecule has 0 aromatic heterocycles. The fourth-order valence-electron chi connectivity index (χ4n) is 9.12. The number of phosphoric acid groups is 1. The van der Waals surface area contributed by atoms with E-state index in [0.717, 1.165) is 44.9 Å². The highest BCUT2D eigenvalue weighted by Crippen LogP contribution is 2.38. The molecule has 2 N–H and O–H groups in total. The van der Waals surface area contributed by atoms with Crippen molar-refractivity contribution >= 4 is 13.7 Å². The molecule has 0 aromatic rings. The molecule has 0 radical (unpaired) electrons. The first-order valence-corrected chi connectivity index (χ1v) is 32.5. The molecule has 0 aliphatic heterocycles. The van der Waals surface area contributed by atoms with Crippen LogP contribution < -0.4 is 10.2 Å². The van der Waals surface area contributed by atoms with Gasteiger partial charge in [-0.1, -0.05) is 268 Å². The molecule has 0 aliphatic carbocycles. The lowest BCUT2D eigenvalue weighted by molar-refractivity contribution is -0.870. The van der Waals surface area contributed by atoms with Crippen molar-refractivity contribution in [1.29, 1.82) is 0 Å². The molecule has 3 unspecified atom stereocenters. The van der Waals surface area contributed by atoms with Crippen molar-refractivity contribution in [3.8, 4) is 0 Å². The van der Waals surface area contributed by atoms with Gasteiger partial charge in [0.15, 0.2) is 0 Å². The van der Waals surface area contributed by atoms with Crippen LogP contribution in [0.5, 0.6) is 0 Å². The van der Waals surface area contributed by atoms with Crippen LogP contribution in [-0.4, -0.2) is 68.5 Å². The van der Waals surface area contributed by atoms with Crippen LogP contribution in [0.25, 0.3) is 0 Å². The summed E-state index contributed by atoms with van der Waals surface area (Å²) in [6.07, 6.45) is 72.2. The molecule has 72 heavy (non-hydrogen) atoms. The van der Waals surface area contributed by atoms with Gasteiger partial charge in [-0.3, -0.25) is 9.36 Å². The molecule has 0 bridgehead atoms. The minimum Gasteiger partial charge on any atom is -0.756 e. The van der Waals surface area contributed by atoms with Gasteiger partial charge in [0.1, 0.15) is 13.2 Å². The van der Waals surface area contributed by atoms with Gasteiger partial charge < -0.3 is 28.8 Å². The molecular formula is C63H121N2O6P. The van der Waals surface area contributed by atoms with E-state index in [1.165, 1.54) is 231 Å². The van der Waals surface area contributed by atoms with E-state index >= 15 is 0 Å². The minimum absolute atomic E-state index is 0.0102. The first-order valence-electron chi connectivity index (χ1n) is 31.0. The van der Waals surface area contributed by atoms with Gasteiger partial charge in [0, 0.05) is 6.42 Å².